The molecule has 1 aliphatic rings. The van der Waals surface area contributed by atoms with E-state index >= 15 is 0 Å². The SMILES string of the molecule is O=C(N[C@H](C(=O)O)C(c1ccccc1)c1ccccc1)[C@@H]1CCOC1. The van der Waals surface area contributed by atoms with E-state index in [1.54, 1.807) is 0 Å². The molecule has 1 aliphatic heterocycles. The van der Waals surface area contributed by atoms with E-state index in [0.29, 0.717) is 19.6 Å². The van der Waals surface area contributed by atoms with Crippen LogP contribution < -0.4 is 5.32 Å². The fourth-order valence-corrected chi connectivity index (χ4v) is 3.20. The van der Waals surface area contributed by atoms with Crippen molar-refractivity contribution in [1.82, 2.24) is 5.32 Å². The summed E-state index contributed by atoms with van der Waals surface area (Å²) < 4.78 is 5.24. The van der Waals surface area contributed by atoms with E-state index < -0.39 is 17.9 Å². The van der Waals surface area contributed by atoms with E-state index in [9.17, 15) is 14.7 Å². The molecular weight excluding hydrogens is 318 g/mol. The maximum absolute atomic E-state index is 12.5. The first kappa shape index (κ1) is 17.2. The molecule has 2 atom stereocenters. The van der Waals surface area contributed by atoms with Gasteiger partial charge in [0.25, 0.3) is 0 Å². The molecule has 1 saturated heterocycles. The third-order valence-electron chi connectivity index (χ3n) is 4.52. The predicted molar refractivity (Wildman–Crippen MR) is 93.2 cm³/mol. The molecule has 0 saturated carbocycles. The van der Waals surface area contributed by atoms with E-state index in [1.807, 2.05) is 60.7 Å². The minimum absolute atomic E-state index is 0.262. The highest BCUT2D eigenvalue weighted by Gasteiger charge is 2.34. The van der Waals surface area contributed by atoms with Gasteiger partial charge in [-0.1, -0.05) is 60.7 Å². The van der Waals surface area contributed by atoms with Gasteiger partial charge < -0.3 is 15.2 Å². The minimum atomic E-state index is -1.05. The van der Waals surface area contributed by atoms with Gasteiger partial charge in [0.2, 0.25) is 5.91 Å². The third kappa shape index (κ3) is 4.06. The number of ether oxygens (including phenoxy) is 1. The zero-order valence-corrected chi connectivity index (χ0v) is 13.8. The Morgan fingerprint density at radius 3 is 2.00 bits per heavy atom. The standard InChI is InChI=1S/C20H21NO4/c22-19(16-11-12-25-13-16)21-18(20(23)24)17(14-7-3-1-4-8-14)15-9-5-2-6-10-15/h1-10,16-18H,11-13H2,(H,21,22)(H,23,24)/t16-,18+/m1/s1. The number of benzene rings is 2. The van der Waals surface area contributed by atoms with E-state index in [2.05, 4.69) is 5.32 Å². The van der Waals surface area contributed by atoms with Gasteiger partial charge in [0.05, 0.1) is 12.5 Å². The van der Waals surface area contributed by atoms with Gasteiger partial charge in [0.1, 0.15) is 6.04 Å². The number of rotatable bonds is 6. The highest BCUT2D eigenvalue weighted by molar-refractivity contribution is 5.86. The molecule has 0 spiro atoms. The van der Waals surface area contributed by atoms with Crippen molar-refractivity contribution >= 4 is 11.9 Å². The van der Waals surface area contributed by atoms with Crippen LogP contribution in [-0.4, -0.2) is 36.2 Å². The van der Waals surface area contributed by atoms with Crippen LogP contribution in [0.15, 0.2) is 60.7 Å². The van der Waals surface area contributed by atoms with Crippen molar-refractivity contribution in [3.8, 4) is 0 Å². The van der Waals surface area contributed by atoms with Crippen LogP contribution in [0.3, 0.4) is 0 Å². The Morgan fingerprint density at radius 2 is 1.56 bits per heavy atom. The summed E-state index contributed by atoms with van der Waals surface area (Å²) in [6.45, 7) is 0.885. The lowest BCUT2D eigenvalue weighted by Gasteiger charge is -2.27. The number of amides is 1. The average molecular weight is 339 g/mol. The molecule has 5 heteroatoms. The quantitative estimate of drug-likeness (QED) is 0.847. The van der Waals surface area contributed by atoms with Crippen LogP contribution in [0.4, 0.5) is 0 Å². The van der Waals surface area contributed by atoms with Crippen LogP contribution in [0, 0.1) is 5.92 Å². The summed E-state index contributed by atoms with van der Waals surface area (Å²) in [7, 11) is 0. The van der Waals surface area contributed by atoms with Crippen molar-refractivity contribution in [2.24, 2.45) is 5.92 Å². The first-order valence-corrected chi connectivity index (χ1v) is 8.37. The smallest absolute Gasteiger partial charge is 0.327 e. The van der Waals surface area contributed by atoms with Crippen LogP contribution in [-0.2, 0) is 14.3 Å². The second kappa shape index (κ2) is 7.94. The van der Waals surface area contributed by atoms with Gasteiger partial charge in [-0.3, -0.25) is 4.79 Å². The largest absolute Gasteiger partial charge is 0.480 e. The first-order chi connectivity index (χ1) is 12.2. The van der Waals surface area contributed by atoms with Gasteiger partial charge in [0.15, 0.2) is 0 Å². The van der Waals surface area contributed by atoms with E-state index in [4.69, 9.17) is 4.74 Å². The zero-order valence-electron chi connectivity index (χ0n) is 13.8. The van der Waals surface area contributed by atoms with Crippen molar-refractivity contribution in [2.45, 2.75) is 18.4 Å². The molecular formula is C20H21NO4. The van der Waals surface area contributed by atoms with Gasteiger partial charge in [-0.25, -0.2) is 4.79 Å². The molecule has 2 aromatic carbocycles. The molecule has 2 N–H and O–H groups in total. The number of carbonyl (C=O) groups is 2. The number of carboxylic acids is 1. The number of carboxylic acid groups (broad SMARTS) is 1. The van der Waals surface area contributed by atoms with Gasteiger partial charge >= 0.3 is 5.97 Å². The summed E-state index contributed by atoms with van der Waals surface area (Å²) in [5.74, 6) is -2.06. The van der Waals surface area contributed by atoms with Crippen LogP contribution in [0.5, 0.6) is 0 Å². The molecule has 5 nitrogen and oxygen atoms in total. The topological polar surface area (TPSA) is 75.6 Å². The predicted octanol–water partition coefficient (Wildman–Crippen LogP) is 2.42. The van der Waals surface area contributed by atoms with Crippen LogP contribution in [0.1, 0.15) is 23.5 Å². The molecule has 0 bridgehead atoms. The summed E-state index contributed by atoms with van der Waals surface area (Å²) in [6, 6.07) is 17.8. The van der Waals surface area contributed by atoms with Gasteiger partial charge in [-0.05, 0) is 17.5 Å². The van der Waals surface area contributed by atoms with Crippen molar-refractivity contribution in [2.75, 3.05) is 13.2 Å². The van der Waals surface area contributed by atoms with E-state index in [-0.39, 0.29) is 11.8 Å². The van der Waals surface area contributed by atoms with Crippen LogP contribution in [0.2, 0.25) is 0 Å². The molecule has 0 radical (unpaired) electrons. The van der Waals surface area contributed by atoms with Crippen molar-refractivity contribution in [3.63, 3.8) is 0 Å². The molecule has 130 valence electrons. The number of aliphatic carboxylic acids is 1. The minimum Gasteiger partial charge on any atom is -0.480 e. The molecule has 0 aromatic heterocycles. The number of nitrogens with one attached hydrogen (secondary N) is 1. The molecule has 1 fully saturated rings. The fraction of sp³-hybridized carbons (Fsp3) is 0.300. The third-order valence-corrected chi connectivity index (χ3v) is 4.52. The van der Waals surface area contributed by atoms with Crippen molar-refractivity contribution in [1.29, 1.82) is 0 Å². The Morgan fingerprint density at radius 1 is 1.00 bits per heavy atom. The molecule has 0 unspecified atom stereocenters. The molecule has 0 aliphatic carbocycles. The van der Waals surface area contributed by atoms with Crippen molar-refractivity contribution < 1.29 is 19.4 Å². The van der Waals surface area contributed by atoms with E-state index in [1.165, 1.54) is 0 Å². The Kier molecular flexibility index (Phi) is 5.46. The summed E-state index contributed by atoms with van der Waals surface area (Å²) in [5.41, 5.74) is 1.70. The number of hydrogen-bond donors (Lipinski definition) is 2. The number of hydrogen-bond acceptors (Lipinski definition) is 3. The molecule has 2 aromatic rings. The van der Waals surface area contributed by atoms with Crippen molar-refractivity contribution in [3.05, 3.63) is 71.8 Å². The zero-order chi connectivity index (χ0) is 17.6. The Labute approximate surface area is 146 Å². The lowest BCUT2D eigenvalue weighted by molar-refractivity contribution is -0.142. The molecule has 3 rings (SSSR count). The lowest BCUT2D eigenvalue weighted by Crippen LogP contribution is -2.47. The van der Waals surface area contributed by atoms with Crippen LogP contribution in [0.25, 0.3) is 0 Å². The number of carbonyl (C=O) groups excluding carboxylic acids is 1. The fourth-order valence-electron chi connectivity index (χ4n) is 3.20. The molecule has 25 heavy (non-hydrogen) atoms. The Balaban J connectivity index is 1.93. The second-order valence-corrected chi connectivity index (χ2v) is 6.18. The van der Waals surface area contributed by atoms with E-state index in [0.717, 1.165) is 11.1 Å². The molecule has 1 heterocycles. The van der Waals surface area contributed by atoms with Gasteiger partial charge in [-0.15, -0.1) is 0 Å². The summed E-state index contributed by atoms with van der Waals surface area (Å²) in [4.78, 5) is 24.5. The maximum atomic E-state index is 12.5. The monoisotopic (exact) mass is 339 g/mol. The summed E-state index contributed by atoms with van der Waals surface area (Å²) in [6.07, 6.45) is 0.625. The average Bonchev–Trinajstić information content (AvgIpc) is 3.17. The van der Waals surface area contributed by atoms with Gasteiger partial charge in [0, 0.05) is 12.5 Å². The highest BCUT2D eigenvalue weighted by Crippen LogP contribution is 2.29. The first-order valence-electron chi connectivity index (χ1n) is 8.37. The Bertz CT molecular complexity index is 671. The summed E-state index contributed by atoms with van der Waals surface area (Å²) >= 11 is 0. The Hall–Kier alpha value is -2.66. The lowest BCUT2D eigenvalue weighted by atomic mass is 9.84. The summed E-state index contributed by atoms with van der Waals surface area (Å²) in [5, 5.41) is 12.5. The normalized spacial score (nSPS) is 18.0. The van der Waals surface area contributed by atoms with Crippen LogP contribution >= 0.6 is 0 Å². The highest BCUT2D eigenvalue weighted by atomic mass is 16.5. The van der Waals surface area contributed by atoms with Gasteiger partial charge in [-0.2, -0.15) is 0 Å². The second-order valence-electron chi connectivity index (χ2n) is 6.18. The molecule has 1 amide bonds. The maximum Gasteiger partial charge on any atom is 0.327 e.